The summed E-state index contributed by atoms with van der Waals surface area (Å²) in [5, 5.41) is 1.14. The van der Waals surface area contributed by atoms with Crippen LogP contribution in [0, 0.1) is 13.8 Å². The minimum atomic E-state index is 0.431. The van der Waals surface area contributed by atoms with Crippen molar-refractivity contribution < 1.29 is 0 Å². The average molecular weight is 291 g/mol. The molecule has 0 aliphatic carbocycles. The lowest BCUT2D eigenvalue weighted by molar-refractivity contribution is 0.904. The van der Waals surface area contributed by atoms with E-state index in [4.69, 9.17) is 18.0 Å². The molecule has 100 valence electrons. The summed E-state index contributed by atoms with van der Waals surface area (Å²) < 4.78 is 0. The number of rotatable bonds is 4. The number of hydrogen-bond acceptors (Lipinski definition) is 4. The van der Waals surface area contributed by atoms with Crippen molar-refractivity contribution in [2.24, 2.45) is 5.73 Å². The van der Waals surface area contributed by atoms with E-state index in [0.29, 0.717) is 4.99 Å². The lowest BCUT2D eigenvalue weighted by atomic mass is 10.2. The van der Waals surface area contributed by atoms with Gasteiger partial charge in [0.15, 0.2) is 0 Å². The molecule has 3 nitrogen and oxygen atoms in total. The van der Waals surface area contributed by atoms with Crippen LogP contribution in [-0.4, -0.2) is 17.0 Å². The molecule has 0 spiro atoms. The minimum absolute atomic E-state index is 0.431. The number of thiocarbonyl (C=S) groups is 1. The van der Waals surface area contributed by atoms with Gasteiger partial charge in [-0.25, -0.2) is 4.98 Å². The summed E-state index contributed by atoms with van der Waals surface area (Å²) >= 11 is 6.70. The summed E-state index contributed by atoms with van der Waals surface area (Å²) in [4.78, 5) is 8.44. The van der Waals surface area contributed by atoms with E-state index in [9.17, 15) is 0 Å². The Labute approximate surface area is 123 Å². The molecular weight excluding hydrogens is 274 g/mol. The van der Waals surface area contributed by atoms with Gasteiger partial charge in [0.05, 0.1) is 12.2 Å². The highest BCUT2D eigenvalue weighted by Gasteiger charge is 2.08. The second-order valence-electron chi connectivity index (χ2n) is 4.52. The fourth-order valence-corrected chi connectivity index (χ4v) is 2.90. The third-order valence-electron chi connectivity index (χ3n) is 3.04. The normalized spacial score (nSPS) is 10.5. The maximum absolute atomic E-state index is 5.59. The molecule has 0 atom stereocenters. The molecule has 0 aliphatic heterocycles. The zero-order valence-corrected chi connectivity index (χ0v) is 12.9. The SMILES string of the molecule is Cc1nc(CN(C)c2ccc(C(N)=S)cc2)sc1C. The number of aromatic nitrogens is 1. The van der Waals surface area contributed by atoms with E-state index in [2.05, 4.69) is 23.9 Å². The predicted molar refractivity (Wildman–Crippen MR) is 86.0 cm³/mol. The molecule has 5 heteroatoms. The second kappa shape index (κ2) is 5.67. The standard InChI is InChI=1S/C14H17N3S2/c1-9-10(2)19-13(16-9)8-17(3)12-6-4-11(5-7-12)14(15)18/h4-7H,8H2,1-3H3,(H2,15,18). The topological polar surface area (TPSA) is 42.2 Å². The van der Waals surface area contributed by atoms with Crippen LogP contribution in [0.15, 0.2) is 24.3 Å². The van der Waals surface area contributed by atoms with Crippen LogP contribution in [0.25, 0.3) is 0 Å². The molecule has 1 aromatic carbocycles. The summed E-state index contributed by atoms with van der Waals surface area (Å²) in [5.74, 6) is 0. The Morgan fingerprint density at radius 3 is 2.42 bits per heavy atom. The van der Waals surface area contributed by atoms with E-state index in [0.717, 1.165) is 28.5 Å². The zero-order chi connectivity index (χ0) is 14.0. The summed E-state index contributed by atoms with van der Waals surface area (Å²) in [7, 11) is 2.06. The molecule has 0 aliphatic rings. The van der Waals surface area contributed by atoms with Crippen LogP contribution in [0.2, 0.25) is 0 Å². The highest BCUT2D eigenvalue weighted by atomic mass is 32.1. The van der Waals surface area contributed by atoms with Gasteiger partial charge in [0.25, 0.3) is 0 Å². The number of anilines is 1. The molecule has 1 heterocycles. The third kappa shape index (κ3) is 3.30. The Morgan fingerprint density at radius 2 is 1.95 bits per heavy atom. The lowest BCUT2D eigenvalue weighted by Crippen LogP contribution is -2.16. The number of nitrogens with two attached hydrogens (primary N) is 1. The van der Waals surface area contributed by atoms with Crippen molar-refractivity contribution in [3.8, 4) is 0 Å². The lowest BCUT2D eigenvalue weighted by Gasteiger charge is -2.18. The molecule has 0 saturated heterocycles. The molecule has 19 heavy (non-hydrogen) atoms. The smallest absolute Gasteiger partial charge is 0.112 e. The largest absolute Gasteiger partial charge is 0.389 e. The molecule has 0 fully saturated rings. The van der Waals surface area contributed by atoms with Gasteiger partial charge in [0.2, 0.25) is 0 Å². The van der Waals surface area contributed by atoms with E-state index in [1.807, 2.05) is 31.2 Å². The fourth-order valence-electron chi connectivity index (χ4n) is 1.78. The van der Waals surface area contributed by atoms with Gasteiger partial charge in [-0.05, 0) is 38.1 Å². The van der Waals surface area contributed by atoms with Gasteiger partial charge in [-0.15, -0.1) is 11.3 Å². The third-order valence-corrected chi connectivity index (χ3v) is 4.33. The molecule has 0 amide bonds. The number of benzene rings is 1. The first-order valence-electron chi connectivity index (χ1n) is 6.01. The zero-order valence-electron chi connectivity index (χ0n) is 11.3. The predicted octanol–water partition coefficient (Wildman–Crippen LogP) is 3.03. The quantitative estimate of drug-likeness (QED) is 0.879. The monoisotopic (exact) mass is 291 g/mol. The van der Waals surface area contributed by atoms with Gasteiger partial charge in [-0.2, -0.15) is 0 Å². The van der Waals surface area contributed by atoms with Crippen molar-refractivity contribution in [2.75, 3.05) is 11.9 Å². The Hall–Kier alpha value is -1.46. The van der Waals surface area contributed by atoms with E-state index in [1.54, 1.807) is 11.3 Å². The average Bonchev–Trinajstić information content (AvgIpc) is 2.68. The first-order valence-corrected chi connectivity index (χ1v) is 7.23. The summed E-state index contributed by atoms with van der Waals surface area (Å²) in [6.45, 7) is 4.96. The van der Waals surface area contributed by atoms with E-state index in [-0.39, 0.29) is 0 Å². The van der Waals surface area contributed by atoms with E-state index >= 15 is 0 Å². The van der Waals surface area contributed by atoms with Crippen LogP contribution < -0.4 is 10.6 Å². The van der Waals surface area contributed by atoms with Gasteiger partial charge >= 0.3 is 0 Å². The van der Waals surface area contributed by atoms with Crippen LogP contribution in [0.4, 0.5) is 5.69 Å². The van der Waals surface area contributed by atoms with E-state index in [1.165, 1.54) is 4.88 Å². The number of hydrogen-bond donors (Lipinski definition) is 1. The van der Waals surface area contributed by atoms with Crippen LogP contribution >= 0.6 is 23.6 Å². The Morgan fingerprint density at radius 1 is 1.32 bits per heavy atom. The molecule has 0 bridgehead atoms. The van der Waals surface area contributed by atoms with Crippen molar-refractivity contribution in [1.82, 2.24) is 4.98 Å². The summed E-state index contributed by atoms with van der Waals surface area (Å²) in [6, 6.07) is 7.96. The summed E-state index contributed by atoms with van der Waals surface area (Å²) in [5.41, 5.74) is 8.74. The van der Waals surface area contributed by atoms with Crippen LogP contribution in [-0.2, 0) is 6.54 Å². The van der Waals surface area contributed by atoms with Crippen LogP contribution in [0.1, 0.15) is 21.1 Å². The number of aryl methyl sites for hydroxylation is 2. The fraction of sp³-hybridized carbons (Fsp3) is 0.286. The maximum atomic E-state index is 5.59. The molecule has 0 saturated carbocycles. The molecule has 1 aromatic heterocycles. The van der Waals surface area contributed by atoms with Crippen molar-refractivity contribution >= 4 is 34.2 Å². The van der Waals surface area contributed by atoms with Crippen molar-refractivity contribution in [3.63, 3.8) is 0 Å². The number of thiazole rings is 1. The highest BCUT2D eigenvalue weighted by Crippen LogP contribution is 2.21. The molecular formula is C14H17N3S2. The minimum Gasteiger partial charge on any atom is -0.389 e. The Kier molecular flexibility index (Phi) is 4.17. The van der Waals surface area contributed by atoms with Gasteiger partial charge in [-0.1, -0.05) is 12.2 Å². The van der Waals surface area contributed by atoms with Gasteiger partial charge < -0.3 is 10.6 Å². The maximum Gasteiger partial charge on any atom is 0.112 e. The van der Waals surface area contributed by atoms with Gasteiger partial charge in [-0.3, -0.25) is 0 Å². The molecule has 0 radical (unpaired) electrons. The Balaban J connectivity index is 2.11. The van der Waals surface area contributed by atoms with Gasteiger partial charge in [0, 0.05) is 23.2 Å². The Bertz CT molecular complexity index is 568. The van der Waals surface area contributed by atoms with Crippen molar-refractivity contribution in [3.05, 3.63) is 45.4 Å². The van der Waals surface area contributed by atoms with E-state index < -0.39 is 0 Å². The van der Waals surface area contributed by atoms with Crippen molar-refractivity contribution in [1.29, 1.82) is 0 Å². The molecule has 2 rings (SSSR count). The first kappa shape index (κ1) is 14.0. The van der Waals surface area contributed by atoms with Crippen molar-refractivity contribution in [2.45, 2.75) is 20.4 Å². The van der Waals surface area contributed by atoms with Gasteiger partial charge in [0.1, 0.15) is 10.00 Å². The first-order chi connectivity index (χ1) is 8.97. The highest BCUT2D eigenvalue weighted by molar-refractivity contribution is 7.80. The molecule has 0 unspecified atom stereocenters. The molecule has 2 N–H and O–H groups in total. The summed E-state index contributed by atoms with van der Waals surface area (Å²) in [6.07, 6.45) is 0. The van der Waals surface area contributed by atoms with Crippen LogP contribution in [0.5, 0.6) is 0 Å². The molecule has 2 aromatic rings. The second-order valence-corrected chi connectivity index (χ2v) is 6.24. The number of nitrogens with zero attached hydrogens (tertiary/aromatic N) is 2. The van der Waals surface area contributed by atoms with Crippen LogP contribution in [0.3, 0.4) is 0 Å².